The van der Waals surface area contributed by atoms with Gasteiger partial charge in [0.05, 0.1) is 4.91 Å². The lowest BCUT2D eigenvalue weighted by atomic mass is 10.1. The molecule has 0 atom stereocenters. The highest BCUT2D eigenvalue weighted by Gasteiger charge is 2.27. The van der Waals surface area contributed by atoms with Crippen LogP contribution in [0.5, 0.6) is 0 Å². The van der Waals surface area contributed by atoms with Crippen molar-refractivity contribution in [3.05, 3.63) is 76.8 Å². The van der Waals surface area contributed by atoms with E-state index in [0.717, 1.165) is 35.8 Å². The van der Waals surface area contributed by atoms with E-state index in [-0.39, 0.29) is 5.91 Å². The fourth-order valence-electron chi connectivity index (χ4n) is 4.06. The molecule has 0 N–H and O–H groups in total. The Morgan fingerprint density at radius 2 is 1.72 bits per heavy atom. The maximum Gasteiger partial charge on any atom is 0.286 e. The van der Waals surface area contributed by atoms with E-state index in [1.165, 1.54) is 42.1 Å². The lowest BCUT2D eigenvalue weighted by Crippen LogP contribution is -2.33. The molecule has 29 heavy (non-hydrogen) atoms. The number of nitrogens with zero attached hydrogens (tertiary/aromatic N) is 3. The molecule has 1 aromatic heterocycles. The molecular formula is C24H23N3OS. The average molecular weight is 402 g/mol. The van der Waals surface area contributed by atoms with Gasteiger partial charge in [-0.2, -0.15) is 4.99 Å². The molecular weight excluding hydrogens is 378 g/mol. The molecule has 0 saturated carbocycles. The molecule has 2 aliphatic rings. The summed E-state index contributed by atoms with van der Waals surface area (Å²) in [6, 6.07) is 18.8. The van der Waals surface area contributed by atoms with Gasteiger partial charge in [0.2, 0.25) is 0 Å². The normalized spacial score (nSPS) is 18.6. The number of carbonyl (C=O) groups excluding carboxylic acids is 1. The molecule has 0 aliphatic carbocycles. The van der Waals surface area contributed by atoms with Gasteiger partial charge in [0.1, 0.15) is 0 Å². The molecule has 0 unspecified atom stereocenters. The molecule has 1 saturated heterocycles. The summed E-state index contributed by atoms with van der Waals surface area (Å²) in [6.07, 6.45) is 7.79. The van der Waals surface area contributed by atoms with Crippen molar-refractivity contribution in [2.75, 3.05) is 13.1 Å². The number of para-hydroxylation sites is 1. The van der Waals surface area contributed by atoms with Crippen LogP contribution in [0.4, 0.5) is 0 Å². The van der Waals surface area contributed by atoms with Crippen molar-refractivity contribution < 1.29 is 4.79 Å². The third-order valence-corrected chi connectivity index (χ3v) is 6.58. The SMILES string of the molecule is O=C1N=C(N2CCCCC2)SC1=Cc1cn(Cc2ccccc2)c2ccccc12. The van der Waals surface area contributed by atoms with E-state index in [1.54, 1.807) is 0 Å². The summed E-state index contributed by atoms with van der Waals surface area (Å²) in [4.78, 5) is 19.9. The Morgan fingerprint density at radius 3 is 2.55 bits per heavy atom. The molecule has 1 fully saturated rings. The molecule has 3 heterocycles. The lowest BCUT2D eigenvalue weighted by molar-refractivity contribution is -0.113. The molecule has 146 valence electrons. The molecule has 3 aromatic rings. The minimum absolute atomic E-state index is 0.115. The number of amides is 1. The number of aromatic nitrogens is 1. The highest BCUT2D eigenvalue weighted by Crippen LogP contribution is 2.33. The minimum Gasteiger partial charge on any atom is -0.351 e. The van der Waals surface area contributed by atoms with E-state index < -0.39 is 0 Å². The second-order valence-corrected chi connectivity index (χ2v) is 8.58. The van der Waals surface area contributed by atoms with E-state index in [0.29, 0.717) is 4.91 Å². The zero-order chi connectivity index (χ0) is 19.6. The van der Waals surface area contributed by atoms with E-state index in [4.69, 9.17) is 0 Å². The van der Waals surface area contributed by atoms with E-state index in [2.05, 4.69) is 69.2 Å². The third kappa shape index (κ3) is 3.75. The monoisotopic (exact) mass is 401 g/mol. The number of fused-ring (bicyclic) bond motifs is 1. The van der Waals surface area contributed by atoms with Gasteiger partial charge in [-0.1, -0.05) is 48.5 Å². The van der Waals surface area contributed by atoms with Gasteiger partial charge in [0.25, 0.3) is 5.91 Å². The van der Waals surface area contributed by atoms with Crippen molar-refractivity contribution in [2.24, 2.45) is 4.99 Å². The Morgan fingerprint density at radius 1 is 0.966 bits per heavy atom. The van der Waals surface area contributed by atoms with Crippen molar-refractivity contribution >= 4 is 39.8 Å². The molecule has 4 nitrogen and oxygen atoms in total. The van der Waals surface area contributed by atoms with Crippen molar-refractivity contribution in [3.63, 3.8) is 0 Å². The predicted molar refractivity (Wildman–Crippen MR) is 121 cm³/mol. The van der Waals surface area contributed by atoms with Crippen LogP contribution < -0.4 is 0 Å². The zero-order valence-corrected chi connectivity index (χ0v) is 17.1. The summed E-state index contributed by atoms with van der Waals surface area (Å²) < 4.78 is 2.26. The Kier molecular flexibility index (Phi) is 4.98. The lowest BCUT2D eigenvalue weighted by Gasteiger charge is -2.27. The Bertz CT molecular complexity index is 1110. The van der Waals surface area contributed by atoms with Crippen LogP contribution in [0.3, 0.4) is 0 Å². The van der Waals surface area contributed by atoms with E-state index in [1.807, 2.05) is 12.1 Å². The number of amidine groups is 1. The first-order chi connectivity index (χ1) is 14.3. The smallest absolute Gasteiger partial charge is 0.286 e. The first-order valence-corrected chi connectivity index (χ1v) is 11.0. The van der Waals surface area contributed by atoms with Crippen LogP contribution in [0.1, 0.15) is 30.4 Å². The summed E-state index contributed by atoms with van der Waals surface area (Å²) in [5.41, 5.74) is 3.51. The summed E-state index contributed by atoms with van der Waals surface area (Å²) >= 11 is 1.52. The molecule has 0 bridgehead atoms. The number of piperidine rings is 1. The van der Waals surface area contributed by atoms with Crippen molar-refractivity contribution in [3.8, 4) is 0 Å². The van der Waals surface area contributed by atoms with Gasteiger partial charge in [-0.05, 0) is 48.7 Å². The second kappa shape index (κ2) is 7.91. The number of hydrogen-bond donors (Lipinski definition) is 0. The third-order valence-electron chi connectivity index (χ3n) is 5.54. The van der Waals surface area contributed by atoms with Gasteiger partial charge in [-0.25, -0.2) is 0 Å². The van der Waals surface area contributed by atoms with Crippen LogP contribution in [0.15, 0.2) is 70.7 Å². The molecule has 5 rings (SSSR count). The summed E-state index contributed by atoms with van der Waals surface area (Å²) in [5, 5.41) is 2.03. The molecule has 2 aromatic carbocycles. The number of likely N-dealkylation sites (tertiary alicyclic amines) is 1. The number of carbonyl (C=O) groups is 1. The summed E-state index contributed by atoms with van der Waals surface area (Å²) in [6.45, 7) is 2.81. The highest BCUT2D eigenvalue weighted by atomic mass is 32.2. The average Bonchev–Trinajstić information content (AvgIpc) is 3.31. The van der Waals surface area contributed by atoms with E-state index >= 15 is 0 Å². The predicted octanol–water partition coefficient (Wildman–Crippen LogP) is 5.15. The fourth-order valence-corrected chi connectivity index (χ4v) is 5.02. The number of aliphatic imine (C=N–C) groups is 1. The van der Waals surface area contributed by atoms with Crippen LogP contribution in [0.2, 0.25) is 0 Å². The Labute approximate surface area is 174 Å². The van der Waals surface area contributed by atoms with Crippen LogP contribution in [-0.2, 0) is 11.3 Å². The minimum atomic E-state index is -0.115. The van der Waals surface area contributed by atoms with Crippen LogP contribution in [-0.4, -0.2) is 33.6 Å². The number of benzene rings is 2. The molecule has 0 radical (unpaired) electrons. The summed E-state index contributed by atoms with van der Waals surface area (Å²) in [5.74, 6) is -0.115. The van der Waals surface area contributed by atoms with Gasteiger partial charge in [-0.3, -0.25) is 4.79 Å². The number of hydrogen-bond acceptors (Lipinski definition) is 3. The second-order valence-electron chi connectivity index (χ2n) is 7.57. The fraction of sp³-hybridized carbons (Fsp3) is 0.250. The standard InChI is InChI=1S/C24H23N3OS/c28-23-22(29-24(25-23)26-13-7-2-8-14-26)15-19-17-27(16-18-9-3-1-4-10-18)21-12-6-5-11-20(19)21/h1,3-6,9-12,15,17H,2,7-8,13-14,16H2. The van der Waals surface area contributed by atoms with Crippen LogP contribution in [0.25, 0.3) is 17.0 Å². The summed E-state index contributed by atoms with van der Waals surface area (Å²) in [7, 11) is 0. The van der Waals surface area contributed by atoms with E-state index in [9.17, 15) is 4.79 Å². The molecule has 0 spiro atoms. The topological polar surface area (TPSA) is 37.6 Å². The van der Waals surface area contributed by atoms with Gasteiger partial charge in [-0.15, -0.1) is 0 Å². The van der Waals surface area contributed by atoms with Gasteiger partial charge in [0, 0.05) is 42.3 Å². The Balaban J connectivity index is 1.45. The largest absolute Gasteiger partial charge is 0.351 e. The first-order valence-electron chi connectivity index (χ1n) is 10.2. The first kappa shape index (κ1) is 18.3. The maximum atomic E-state index is 12.6. The van der Waals surface area contributed by atoms with Crippen LogP contribution >= 0.6 is 11.8 Å². The van der Waals surface area contributed by atoms with Gasteiger partial charge in [0.15, 0.2) is 5.17 Å². The number of rotatable bonds is 3. The quantitative estimate of drug-likeness (QED) is 0.570. The van der Waals surface area contributed by atoms with Crippen LogP contribution in [0, 0.1) is 0 Å². The molecule has 2 aliphatic heterocycles. The highest BCUT2D eigenvalue weighted by molar-refractivity contribution is 8.18. The number of thioether (sulfide) groups is 1. The van der Waals surface area contributed by atoms with Gasteiger partial charge >= 0.3 is 0 Å². The zero-order valence-electron chi connectivity index (χ0n) is 16.3. The molecule has 1 amide bonds. The van der Waals surface area contributed by atoms with Crippen molar-refractivity contribution in [1.82, 2.24) is 9.47 Å². The molecule has 5 heteroatoms. The maximum absolute atomic E-state index is 12.6. The Hall–Kier alpha value is -2.79. The van der Waals surface area contributed by atoms with Gasteiger partial charge < -0.3 is 9.47 Å². The van der Waals surface area contributed by atoms with Crippen molar-refractivity contribution in [1.29, 1.82) is 0 Å². The van der Waals surface area contributed by atoms with Crippen molar-refractivity contribution in [2.45, 2.75) is 25.8 Å².